The van der Waals surface area contributed by atoms with Crippen LogP contribution in [-0.2, 0) is 6.42 Å². The highest BCUT2D eigenvalue weighted by atomic mass is 35.5. The Morgan fingerprint density at radius 3 is 1.91 bits per heavy atom. The van der Waals surface area contributed by atoms with Gasteiger partial charge in [0.2, 0.25) is 0 Å². The number of unbranched alkanes of at least 4 members (excludes halogenated alkanes) is 15. The fraction of sp³-hybridized carbons (Fsp3) is 0.526. The number of nitriles is 1. The molecule has 0 atom stereocenters. The molecule has 43 heavy (non-hydrogen) atoms. The molecule has 2 aromatic carbocycles. The number of fused-ring (bicyclic) bond motifs is 3. The van der Waals surface area contributed by atoms with Crippen LogP contribution in [-0.4, -0.2) is 15.9 Å². The molecule has 0 radical (unpaired) electrons. The Morgan fingerprint density at radius 2 is 1.33 bits per heavy atom. The fourth-order valence-electron chi connectivity index (χ4n) is 6.27. The first-order valence-corrected chi connectivity index (χ1v) is 17.3. The summed E-state index contributed by atoms with van der Waals surface area (Å²) >= 11 is 6.17. The Hall–Kier alpha value is -3.03. The van der Waals surface area contributed by atoms with E-state index >= 15 is 0 Å². The lowest BCUT2D eigenvalue weighted by Crippen LogP contribution is -2.12. The smallest absolute Gasteiger partial charge is 0.157 e. The predicted molar refractivity (Wildman–Crippen MR) is 184 cm³/mol. The molecule has 0 spiro atoms. The summed E-state index contributed by atoms with van der Waals surface area (Å²) in [5, 5.41) is 14.7. The third-order valence-corrected chi connectivity index (χ3v) is 9.10. The van der Waals surface area contributed by atoms with Crippen molar-refractivity contribution in [2.45, 2.75) is 123 Å². The molecule has 230 valence electrons. The van der Waals surface area contributed by atoms with E-state index in [1.807, 2.05) is 30.3 Å². The Labute approximate surface area is 264 Å². The summed E-state index contributed by atoms with van der Waals surface area (Å²) in [5.41, 5.74) is 6.63. The van der Waals surface area contributed by atoms with Gasteiger partial charge in [-0.2, -0.15) is 5.26 Å². The molecule has 0 aliphatic carbocycles. The van der Waals surface area contributed by atoms with Crippen LogP contribution in [0.4, 0.5) is 5.82 Å². The van der Waals surface area contributed by atoms with Gasteiger partial charge in [0.15, 0.2) is 5.65 Å². The molecule has 4 rings (SSSR count). The standard InChI is InChI=1S/C38H51ClN4/c1-3-4-5-6-7-8-9-10-11-12-13-14-15-16-17-20-27-41-37-33(28-31-23-25-32(39)26-24-31)30(2)34(29-40)38-42-35-21-18-19-22-36(35)43(37)38/h18-19,21-26,41H,3-17,20,27-28H2,1-2H3. The van der Waals surface area contributed by atoms with E-state index in [1.165, 1.54) is 102 Å². The quantitative estimate of drug-likeness (QED) is 0.103. The van der Waals surface area contributed by atoms with E-state index in [0.717, 1.165) is 58.0 Å². The molecule has 0 saturated carbocycles. The molecule has 4 nitrogen and oxygen atoms in total. The van der Waals surface area contributed by atoms with E-state index in [2.05, 4.69) is 47.8 Å². The SMILES string of the molecule is CCCCCCCCCCCCCCCCCCNc1c(Cc2ccc(Cl)cc2)c(C)c(C#N)c2nc3ccccc3n12. The van der Waals surface area contributed by atoms with Gasteiger partial charge in [0.1, 0.15) is 11.9 Å². The first-order chi connectivity index (χ1) is 21.1. The van der Waals surface area contributed by atoms with Crippen molar-refractivity contribution in [2.24, 2.45) is 0 Å². The average Bonchev–Trinajstić information content (AvgIpc) is 3.40. The first-order valence-electron chi connectivity index (χ1n) is 16.9. The Morgan fingerprint density at radius 1 is 0.767 bits per heavy atom. The lowest BCUT2D eigenvalue weighted by molar-refractivity contribution is 0.530. The van der Waals surface area contributed by atoms with Crippen LogP contribution >= 0.6 is 11.6 Å². The number of rotatable bonds is 20. The van der Waals surface area contributed by atoms with Gasteiger partial charge in [-0.3, -0.25) is 4.40 Å². The summed E-state index contributed by atoms with van der Waals surface area (Å²) < 4.78 is 2.17. The van der Waals surface area contributed by atoms with E-state index in [9.17, 15) is 5.26 Å². The summed E-state index contributed by atoms with van der Waals surface area (Å²) in [6.45, 7) is 5.25. The molecule has 0 aliphatic rings. The maximum Gasteiger partial charge on any atom is 0.157 e. The molecular weight excluding hydrogens is 548 g/mol. The van der Waals surface area contributed by atoms with E-state index in [4.69, 9.17) is 16.6 Å². The van der Waals surface area contributed by atoms with Crippen molar-refractivity contribution in [3.8, 4) is 6.07 Å². The second-order valence-electron chi connectivity index (χ2n) is 12.2. The second kappa shape index (κ2) is 17.9. The lowest BCUT2D eigenvalue weighted by atomic mass is 9.97. The largest absolute Gasteiger partial charge is 0.371 e. The zero-order chi connectivity index (χ0) is 30.3. The zero-order valence-corrected chi connectivity index (χ0v) is 27.3. The summed E-state index contributed by atoms with van der Waals surface area (Å²) in [6.07, 6.45) is 22.6. The number of halogens is 1. The molecule has 5 heteroatoms. The van der Waals surface area contributed by atoms with Gasteiger partial charge in [0.25, 0.3) is 0 Å². The van der Waals surface area contributed by atoms with Crippen molar-refractivity contribution >= 4 is 34.1 Å². The second-order valence-corrected chi connectivity index (χ2v) is 12.7. The highest BCUT2D eigenvalue weighted by Crippen LogP contribution is 2.33. The van der Waals surface area contributed by atoms with Gasteiger partial charge in [-0.05, 0) is 48.7 Å². The fourth-order valence-corrected chi connectivity index (χ4v) is 6.40. The molecule has 4 aromatic rings. The van der Waals surface area contributed by atoms with Crippen molar-refractivity contribution < 1.29 is 0 Å². The topological polar surface area (TPSA) is 53.1 Å². The van der Waals surface area contributed by atoms with Gasteiger partial charge < -0.3 is 5.32 Å². The van der Waals surface area contributed by atoms with Gasteiger partial charge >= 0.3 is 0 Å². The van der Waals surface area contributed by atoms with Crippen molar-refractivity contribution in [3.05, 3.63) is 75.8 Å². The van der Waals surface area contributed by atoms with E-state index in [1.54, 1.807) is 0 Å². The predicted octanol–water partition coefficient (Wildman–Crippen LogP) is 11.6. The van der Waals surface area contributed by atoms with Crippen LogP contribution in [0.1, 0.15) is 132 Å². The molecule has 1 N–H and O–H groups in total. The number of pyridine rings is 1. The Kier molecular flexibility index (Phi) is 13.7. The summed E-state index contributed by atoms with van der Waals surface area (Å²) in [4.78, 5) is 4.88. The number of nitrogens with one attached hydrogen (secondary N) is 1. The van der Waals surface area contributed by atoms with Crippen LogP contribution in [0.2, 0.25) is 5.02 Å². The molecule has 0 bridgehead atoms. The van der Waals surface area contributed by atoms with Crippen molar-refractivity contribution in [3.63, 3.8) is 0 Å². The minimum absolute atomic E-state index is 0.646. The van der Waals surface area contributed by atoms with Gasteiger partial charge in [0.05, 0.1) is 16.6 Å². The van der Waals surface area contributed by atoms with Crippen molar-refractivity contribution in [1.29, 1.82) is 5.26 Å². The molecular formula is C38H51ClN4. The average molecular weight is 599 g/mol. The van der Waals surface area contributed by atoms with Crippen LogP contribution in [0, 0.1) is 18.3 Å². The minimum atomic E-state index is 0.646. The number of hydrogen-bond donors (Lipinski definition) is 1. The lowest BCUT2D eigenvalue weighted by Gasteiger charge is -2.19. The normalized spacial score (nSPS) is 11.4. The number of aromatic nitrogens is 2. The molecule has 0 amide bonds. The third-order valence-electron chi connectivity index (χ3n) is 8.85. The summed E-state index contributed by atoms with van der Waals surface area (Å²) in [7, 11) is 0. The van der Waals surface area contributed by atoms with Crippen molar-refractivity contribution in [1.82, 2.24) is 9.38 Å². The Balaban J connectivity index is 1.28. The van der Waals surface area contributed by atoms with Crippen LogP contribution in [0.3, 0.4) is 0 Å². The first kappa shape index (κ1) is 32.9. The maximum absolute atomic E-state index is 10.2. The number of hydrogen-bond acceptors (Lipinski definition) is 3. The molecule has 2 aromatic heterocycles. The van der Waals surface area contributed by atoms with E-state index in [0.29, 0.717) is 5.56 Å². The number of anilines is 1. The monoisotopic (exact) mass is 598 g/mol. The summed E-state index contributed by atoms with van der Waals surface area (Å²) in [5.74, 6) is 1.05. The molecule has 0 unspecified atom stereocenters. The van der Waals surface area contributed by atoms with Gasteiger partial charge in [-0.25, -0.2) is 4.98 Å². The molecule has 0 fully saturated rings. The van der Waals surface area contributed by atoms with Crippen LogP contribution in [0.5, 0.6) is 0 Å². The van der Waals surface area contributed by atoms with Gasteiger partial charge in [-0.15, -0.1) is 0 Å². The van der Waals surface area contributed by atoms with Crippen LogP contribution in [0.25, 0.3) is 16.7 Å². The third kappa shape index (κ3) is 9.48. The minimum Gasteiger partial charge on any atom is -0.371 e. The summed E-state index contributed by atoms with van der Waals surface area (Å²) in [6, 6.07) is 18.6. The molecule has 0 aliphatic heterocycles. The number of para-hydroxylation sites is 2. The number of imidazole rings is 1. The van der Waals surface area contributed by atoms with Gasteiger partial charge in [-0.1, -0.05) is 139 Å². The highest BCUT2D eigenvalue weighted by Gasteiger charge is 2.21. The highest BCUT2D eigenvalue weighted by molar-refractivity contribution is 6.30. The van der Waals surface area contributed by atoms with E-state index in [-0.39, 0.29) is 0 Å². The number of benzene rings is 2. The molecule has 2 heterocycles. The van der Waals surface area contributed by atoms with Crippen LogP contribution < -0.4 is 5.32 Å². The zero-order valence-electron chi connectivity index (χ0n) is 26.6. The maximum atomic E-state index is 10.2. The van der Waals surface area contributed by atoms with Crippen LogP contribution in [0.15, 0.2) is 48.5 Å². The van der Waals surface area contributed by atoms with Gasteiger partial charge in [0, 0.05) is 23.6 Å². The Bertz CT molecular complexity index is 1450. The van der Waals surface area contributed by atoms with Crippen molar-refractivity contribution in [2.75, 3.05) is 11.9 Å². The number of nitrogens with zero attached hydrogens (tertiary/aromatic N) is 3. The molecule has 0 saturated heterocycles. The van der Waals surface area contributed by atoms with E-state index < -0.39 is 0 Å².